The average Bonchev–Trinajstić information content (AvgIpc) is 2.48. The van der Waals surface area contributed by atoms with Gasteiger partial charge >= 0.3 is 0 Å². The third-order valence-corrected chi connectivity index (χ3v) is 2.81. The van der Waals surface area contributed by atoms with Crippen LogP contribution < -0.4 is 14.8 Å². The number of amides is 1. The minimum Gasteiger partial charge on any atom is -0.504 e. The molecule has 0 spiro atoms. The molecule has 0 aliphatic carbocycles. The molecule has 20 heavy (non-hydrogen) atoms. The van der Waals surface area contributed by atoms with Gasteiger partial charge in [0.15, 0.2) is 11.5 Å². The smallest absolute Gasteiger partial charge is 0.259 e. The molecular formula is C15H15NO4. The van der Waals surface area contributed by atoms with Crippen molar-refractivity contribution >= 4 is 11.6 Å². The Labute approximate surface area is 116 Å². The summed E-state index contributed by atoms with van der Waals surface area (Å²) in [5.41, 5.74) is 0.762. The molecule has 5 heteroatoms. The molecule has 0 aliphatic rings. The van der Waals surface area contributed by atoms with E-state index >= 15 is 0 Å². The fraction of sp³-hybridized carbons (Fsp3) is 0.133. The summed E-state index contributed by atoms with van der Waals surface area (Å²) in [7, 11) is 3.00. The average molecular weight is 273 g/mol. The second-order valence-corrected chi connectivity index (χ2v) is 4.04. The summed E-state index contributed by atoms with van der Waals surface area (Å²) in [5, 5.41) is 12.6. The highest BCUT2D eigenvalue weighted by Gasteiger charge is 2.14. The number of carbonyl (C=O) groups is 1. The summed E-state index contributed by atoms with van der Waals surface area (Å²) in [6.07, 6.45) is 0. The number of hydrogen-bond acceptors (Lipinski definition) is 4. The van der Waals surface area contributed by atoms with Gasteiger partial charge in [-0.05, 0) is 36.4 Å². The van der Waals surface area contributed by atoms with E-state index in [0.29, 0.717) is 11.4 Å². The number of benzene rings is 2. The van der Waals surface area contributed by atoms with Crippen LogP contribution in [0.5, 0.6) is 17.2 Å². The molecule has 2 aromatic carbocycles. The SMILES string of the molecule is COc1ccc(NC(=O)c2cccc(OC)c2O)cc1. The molecule has 0 atom stereocenters. The molecule has 0 fully saturated rings. The Bertz CT molecular complexity index is 608. The van der Waals surface area contributed by atoms with Gasteiger partial charge < -0.3 is 19.9 Å². The molecule has 104 valence electrons. The first kappa shape index (κ1) is 13.7. The van der Waals surface area contributed by atoms with Gasteiger partial charge in [-0.3, -0.25) is 4.79 Å². The van der Waals surface area contributed by atoms with Crippen LogP contribution in [-0.2, 0) is 0 Å². The van der Waals surface area contributed by atoms with Crippen LogP contribution in [0.15, 0.2) is 42.5 Å². The number of para-hydroxylation sites is 1. The second-order valence-electron chi connectivity index (χ2n) is 4.04. The van der Waals surface area contributed by atoms with Crippen LogP contribution in [0.4, 0.5) is 5.69 Å². The molecule has 5 nitrogen and oxygen atoms in total. The molecule has 0 radical (unpaired) electrons. The summed E-state index contributed by atoms with van der Waals surface area (Å²) in [6, 6.07) is 11.7. The van der Waals surface area contributed by atoms with E-state index in [1.165, 1.54) is 13.2 Å². The van der Waals surface area contributed by atoms with Gasteiger partial charge in [-0.1, -0.05) is 6.07 Å². The van der Waals surface area contributed by atoms with Gasteiger partial charge in [-0.25, -0.2) is 0 Å². The largest absolute Gasteiger partial charge is 0.504 e. The number of hydrogen-bond donors (Lipinski definition) is 2. The van der Waals surface area contributed by atoms with Gasteiger partial charge in [0.25, 0.3) is 5.91 Å². The second kappa shape index (κ2) is 5.97. The number of ether oxygens (including phenoxy) is 2. The molecule has 0 aromatic heterocycles. The van der Waals surface area contributed by atoms with Gasteiger partial charge in [-0.15, -0.1) is 0 Å². The number of methoxy groups -OCH3 is 2. The van der Waals surface area contributed by atoms with E-state index in [9.17, 15) is 9.90 Å². The maximum atomic E-state index is 12.1. The number of phenols is 1. The van der Waals surface area contributed by atoms with Crippen LogP contribution >= 0.6 is 0 Å². The maximum Gasteiger partial charge on any atom is 0.259 e. The molecule has 0 bridgehead atoms. The van der Waals surface area contributed by atoms with E-state index in [4.69, 9.17) is 9.47 Å². The van der Waals surface area contributed by atoms with E-state index < -0.39 is 5.91 Å². The maximum absolute atomic E-state index is 12.1. The van der Waals surface area contributed by atoms with Crippen LogP contribution in [0.1, 0.15) is 10.4 Å². The van der Waals surface area contributed by atoms with Crippen LogP contribution in [0.2, 0.25) is 0 Å². The van der Waals surface area contributed by atoms with Gasteiger partial charge in [0.05, 0.1) is 19.8 Å². The van der Waals surface area contributed by atoms with Crippen LogP contribution in [0, 0.1) is 0 Å². The van der Waals surface area contributed by atoms with Crippen molar-refractivity contribution in [3.8, 4) is 17.2 Å². The Morgan fingerprint density at radius 3 is 2.35 bits per heavy atom. The molecular weight excluding hydrogens is 258 g/mol. The first-order chi connectivity index (χ1) is 9.65. The molecule has 1 amide bonds. The lowest BCUT2D eigenvalue weighted by atomic mass is 10.1. The zero-order valence-corrected chi connectivity index (χ0v) is 11.2. The van der Waals surface area contributed by atoms with Gasteiger partial charge in [0.1, 0.15) is 5.75 Å². The molecule has 2 rings (SSSR count). The predicted molar refractivity (Wildman–Crippen MR) is 75.6 cm³/mol. The number of anilines is 1. The lowest BCUT2D eigenvalue weighted by Crippen LogP contribution is -2.12. The summed E-state index contributed by atoms with van der Waals surface area (Å²) >= 11 is 0. The van der Waals surface area contributed by atoms with Crippen LogP contribution in [0.25, 0.3) is 0 Å². The molecule has 2 aromatic rings. The summed E-state index contributed by atoms with van der Waals surface area (Å²) in [6.45, 7) is 0. The van der Waals surface area contributed by atoms with Crippen molar-refractivity contribution in [2.75, 3.05) is 19.5 Å². The van der Waals surface area contributed by atoms with Crippen LogP contribution in [0.3, 0.4) is 0 Å². The molecule has 0 unspecified atom stereocenters. The Hall–Kier alpha value is -2.69. The van der Waals surface area contributed by atoms with Crippen molar-refractivity contribution in [3.05, 3.63) is 48.0 Å². The highest BCUT2D eigenvalue weighted by atomic mass is 16.5. The lowest BCUT2D eigenvalue weighted by molar-refractivity contribution is 0.102. The monoisotopic (exact) mass is 273 g/mol. The molecule has 0 heterocycles. The third kappa shape index (κ3) is 2.83. The fourth-order valence-corrected chi connectivity index (χ4v) is 1.74. The topological polar surface area (TPSA) is 67.8 Å². The third-order valence-electron chi connectivity index (χ3n) is 2.81. The van der Waals surface area contributed by atoms with Crippen molar-refractivity contribution in [1.29, 1.82) is 0 Å². The van der Waals surface area contributed by atoms with Gasteiger partial charge in [0.2, 0.25) is 0 Å². The highest BCUT2D eigenvalue weighted by Crippen LogP contribution is 2.29. The molecule has 2 N–H and O–H groups in total. The zero-order chi connectivity index (χ0) is 14.5. The highest BCUT2D eigenvalue weighted by molar-refractivity contribution is 6.06. The van der Waals surface area contributed by atoms with E-state index in [2.05, 4.69) is 5.32 Å². The molecule has 0 saturated carbocycles. The lowest BCUT2D eigenvalue weighted by Gasteiger charge is -2.09. The Balaban J connectivity index is 2.19. The van der Waals surface area contributed by atoms with E-state index in [-0.39, 0.29) is 17.1 Å². The molecule has 0 aliphatic heterocycles. The van der Waals surface area contributed by atoms with Crippen LogP contribution in [-0.4, -0.2) is 25.2 Å². The fourth-order valence-electron chi connectivity index (χ4n) is 1.74. The number of phenolic OH excluding ortho intramolecular Hbond substituents is 1. The standard InChI is InChI=1S/C15H15NO4/c1-19-11-8-6-10(7-9-11)16-15(18)12-4-3-5-13(20-2)14(12)17/h3-9,17H,1-2H3,(H,16,18). The predicted octanol–water partition coefficient (Wildman–Crippen LogP) is 2.66. The number of rotatable bonds is 4. The first-order valence-electron chi connectivity index (χ1n) is 5.97. The Kier molecular flexibility index (Phi) is 4.10. The van der Waals surface area contributed by atoms with Crippen molar-refractivity contribution in [1.82, 2.24) is 0 Å². The Morgan fingerprint density at radius 1 is 1.05 bits per heavy atom. The first-order valence-corrected chi connectivity index (χ1v) is 5.97. The van der Waals surface area contributed by atoms with Crippen molar-refractivity contribution in [3.63, 3.8) is 0 Å². The van der Waals surface area contributed by atoms with E-state index in [1.54, 1.807) is 43.5 Å². The summed E-state index contributed by atoms with van der Waals surface area (Å²) < 4.78 is 10.0. The number of nitrogens with one attached hydrogen (secondary N) is 1. The van der Waals surface area contributed by atoms with Crippen molar-refractivity contribution in [2.24, 2.45) is 0 Å². The normalized spacial score (nSPS) is 9.90. The minimum atomic E-state index is -0.411. The number of aromatic hydroxyl groups is 1. The van der Waals surface area contributed by atoms with Gasteiger partial charge in [0, 0.05) is 5.69 Å². The minimum absolute atomic E-state index is 0.153. The molecule has 0 saturated heterocycles. The summed E-state index contributed by atoms with van der Waals surface area (Å²) in [5.74, 6) is 0.368. The quantitative estimate of drug-likeness (QED) is 0.898. The van der Waals surface area contributed by atoms with Crippen molar-refractivity contribution in [2.45, 2.75) is 0 Å². The van der Waals surface area contributed by atoms with E-state index in [0.717, 1.165) is 0 Å². The Morgan fingerprint density at radius 2 is 1.75 bits per heavy atom. The number of carbonyl (C=O) groups excluding carboxylic acids is 1. The summed E-state index contributed by atoms with van der Waals surface area (Å²) in [4.78, 5) is 12.1. The van der Waals surface area contributed by atoms with Crippen molar-refractivity contribution < 1.29 is 19.4 Å². The van der Waals surface area contributed by atoms with Gasteiger partial charge in [-0.2, -0.15) is 0 Å². The zero-order valence-electron chi connectivity index (χ0n) is 11.2. The van der Waals surface area contributed by atoms with E-state index in [1.807, 2.05) is 0 Å².